The third-order valence-corrected chi connectivity index (χ3v) is 5.36. The second-order valence-electron chi connectivity index (χ2n) is 5.67. The number of nitrogens with one attached hydrogen (secondary N) is 1. The molecule has 1 amide bonds. The molecule has 0 saturated carbocycles. The number of hydrogen-bond acceptors (Lipinski definition) is 4. The van der Waals surface area contributed by atoms with E-state index in [0.717, 1.165) is 35.4 Å². The molecule has 2 N–H and O–H groups in total. The molecular weight excluding hydrogens is 310 g/mol. The van der Waals surface area contributed by atoms with Crippen LogP contribution in [-0.4, -0.2) is 38.4 Å². The number of carbonyl (C=O) groups is 1. The Morgan fingerprint density at radius 3 is 3.00 bits per heavy atom. The highest BCUT2D eigenvalue weighted by Crippen LogP contribution is 2.29. The van der Waals surface area contributed by atoms with Crippen molar-refractivity contribution in [2.45, 2.75) is 31.6 Å². The Balaban J connectivity index is 1.86. The molecule has 0 bridgehead atoms. The number of amides is 1. The molecule has 23 heavy (non-hydrogen) atoms. The topological polar surface area (TPSA) is 67.2 Å². The van der Waals surface area contributed by atoms with Crippen LogP contribution in [0.25, 0.3) is 11.3 Å². The van der Waals surface area contributed by atoms with E-state index in [1.165, 1.54) is 0 Å². The first-order chi connectivity index (χ1) is 11.2. The summed E-state index contributed by atoms with van der Waals surface area (Å²) >= 11 is 1.70. The summed E-state index contributed by atoms with van der Waals surface area (Å²) in [5.41, 5.74) is 2.98. The maximum absolute atomic E-state index is 12.3. The smallest absolute Gasteiger partial charge is 0.238 e. The van der Waals surface area contributed by atoms with Crippen molar-refractivity contribution in [3.8, 4) is 11.3 Å². The first-order valence-electron chi connectivity index (χ1n) is 7.86. The van der Waals surface area contributed by atoms with Gasteiger partial charge in [-0.2, -0.15) is 5.10 Å². The standard InChI is InChI=1S/C17H21N3O2S/c1-12-5-2-3-6-13(12)14-11-16(20(19-14)8-9-21)18-17(22)15-7-4-10-23-15/h2-3,5-6,11,15,21H,4,7-10H2,1H3,(H,18,22). The third kappa shape index (κ3) is 3.59. The minimum Gasteiger partial charge on any atom is -0.394 e. The summed E-state index contributed by atoms with van der Waals surface area (Å²) in [5.74, 6) is 1.72. The normalized spacial score (nSPS) is 17.4. The van der Waals surface area contributed by atoms with Crippen molar-refractivity contribution in [2.75, 3.05) is 17.7 Å². The Labute approximate surface area is 140 Å². The van der Waals surface area contributed by atoms with E-state index in [-0.39, 0.29) is 17.8 Å². The molecule has 1 saturated heterocycles. The van der Waals surface area contributed by atoms with Crippen LogP contribution in [-0.2, 0) is 11.3 Å². The van der Waals surface area contributed by atoms with Gasteiger partial charge in [-0.3, -0.25) is 4.79 Å². The SMILES string of the molecule is Cc1ccccc1-c1cc(NC(=O)C2CCCS2)n(CCO)n1. The monoisotopic (exact) mass is 331 g/mol. The molecule has 1 aromatic heterocycles. The maximum Gasteiger partial charge on any atom is 0.238 e. The highest BCUT2D eigenvalue weighted by molar-refractivity contribution is 8.00. The lowest BCUT2D eigenvalue weighted by molar-refractivity contribution is -0.115. The number of aliphatic hydroxyl groups excluding tert-OH is 1. The zero-order valence-corrected chi connectivity index (χ0v) is 14.0. The van der Waals surface area contributed by atoms with Crippen LogP contribution in [0, 0.1) is 6.92 Å². The molecule has 1 aliphatic rings. The second-order valence-corrected chi connectivity index (χ2v) is 6.98. The first kappa shape index (κ1) is 16.1. The molecule has 1 fully saturated rings. The van der Waals surface area contributed by atoms with E-state index in [1.807, 2.05) is 37.3 Å². The Morgan fingerprint density at radius 1 is 1.48 bits per heavy atom. The Bertz CT molecular complexity index is 693. The second kappa shape index (κ2) is 7.19. The Hall–Kier alpha value is -1.79. The number of rotatable bonds is 5. The molecule has 0 spiro atoms. The van der Waals surface area contributed by atoms with Gasteiger partial charge in [0, 0.05) is 11.6 Å². The molecule has 0 aliphatic carbocycles. The van der Waals surface area contributed by atoms with Crippen molar-refractivity contribution in [3.05, 3.63) is 35.9 Å². The summed E-state index contributed by atoms with van der Waals surface area (Å²) in [6, 6.07) is 9.90. The molecule has 1 atom stereocenters. The van der Waals surface area contributed by atoms with Crippen LogP contribution in [0.1, 0.15) is 18.4 Å². The van der Waals surface area contributed by atoms with Gasteiger partial charge in [-0.15, -0.1) is 11.8 Å². The fraction of sp³-hybridized carbons (Fsp3) is 0.412. The molecule has 1 unspecified atom stereocenters. The summed E-state index contributed by atoms with van der Waals surface area (Å²) in [6.45, 7) is 2.38. The predicted molar refractivity (Wildman–Crippen MR) is 93.6 cm³/mol. The average molecular weight is 331 g/mol. The largest absolute Gasteiger partial charge is 0.394 e. The number of anilines is 1. The summed E-state index contributed by atoms with van der Waals surface area (Å²) in [4.78, 5) is 12.3. The highest BCUT2D eigenvalue weighted by Gasteiger charge is 2.24. The van der Waals surface area contributed by atoms with Crippen LogP contribution in [0.5, 0.6) is 0 Å². The number of carbonyl (C=O) groups excluding carboxylic acids is 1. The van der Waals surface area contributed by atoms with Crippen molar-refractivity contribution < 1.29 is 9.90 Å². The van der Waals surface area contributed by atoms with Crippen LogP contribution >= 0.6 is 11.8 Å². The fourth-order valence-corrected chi connectivity index (χ4v) is 3.93. The van der Waals surface area contributed by atoms with Crippen molar-refractivity contribution in [1.29, 1.82) is 0 Å². The number of aliphatic hydroxyl groups is 1. The van der Waals surface area contributed by atoms with E-state index in [4.69, 9.17) is 0 Å². The molecule has 2 aromatic rings. The number of hydrogen-bond donors (Lipinski definition) is 2. The fourth-order valence-electron chi connectivity index (χ4n) is 2.77. The van der Waals surface area contributed by atoms with Gasteiger partial charge in [0.1, 0.15) is 5.82 Å². The molecule has 1 aromatic carbocycles. The van der Waals surface area contributed by atoms with Crippen LogP contribution in [0.3, 0.4) is 0 Å². The molecule has 1 aliphatic heterocycles. The van der Waals surface area contributed by atoms with Gasteiger partial charge < -0.3 is 10.4 Å². The number of nitrogens with zero attached hydrogens (tertiary/aromatic N) is 2. The number of aryl methyl sites for hydroxylation is 1. The first-order valence-corrected chi connectivity index (χ1v) is 8.91. The molecule has 122 valence electrons. The van der Waals surface area contributed by atoms with Crippen molar-refractivity contribution in [2.24, 2.45) is 0 Å². The lowest BCUT2D eigenvalue weighted by Gasteiger charge is -2.10. The van der Waals surface area contributed by atoms with Gasteiger partial charge in [0.25, 0.3) is 0 Å². The zero-order valence-electron chi connectivity index (χ0n) is 13.2. The number of aromatic nitrogens is 2. The molecular formula is C17H21N3O2S. The van der Waals surface area contributed by atoms with Crippen LogP contribution in [0.2, 0.25) is 0 Å². The van der Waals surface area contributed by atoms with Crippen molar-refractivity contribution in [3.63, 3.8) is 0 Å². The Morgan fingerprint density at radius 2 is 2.30 bits per heavy atom. The molecule has 6 heteroatoms. The van der Waals surface area contributed by atoms with Gasteiger partial charge in [-0.25, -0.2) is 4.68 Å². The molecule has 2 heterocycles. The summed E-state index contributed by atoms with van der Waals surface area (Å²) in [6.07, 6.45) is 2.02. The third-order valence-electron chi connectivity index (χ3n) is 3.99. The van der Waals surface area contributed by atoms with Gasteiger partial charge in [0.15, 0.2) is 0 Å². The van der Waals surface area contributed by atoms with Gasteiger partial charge >= 0.3 is 0 Å². The van der Waals surface area contributed by atoms with E-state index in [2.05, 4.69) is 10.4 Å². The van der Waals surface area contributed by atoms with Crippen LogP contribution < -0.4 is 5.32 Å². The van der Waals surface area contributed by atoms with Gasteiger partial charge in [0.05, 0.1) is 24.1 Å². The quantitative estimate of drug-likeness (QED) is 0.884. The van der Waals surface area contributed by atoms with E-state index in [1.54, 1.807) is 16.4 Å². The minimum absolute atomic E-state index is 0.0179. The predicted octanol–water partition coefficient (Wildman–Crippen LogP) is 2.68. The summed E-state index contributed by atoms with van der Waals surface area (Å²) in [5, 5.41) is 16.8. The van der Waals surface area contributed by atoms with Crippen LogP contribution in [0.15, 0.2) is 30.3 Å². The lowest BCUT2D eigenvalue weighted by atomic mass is 10.1. The summed E-state index contributed by atoms with van der Waals surface area (Å²) in [7, 11) is 0. The van der Waals surface area contributed by atoms with Gasteiger partial charge in [-0.05, 0) is 31.1 Å². The van der Waals surface area contributed by atoms with Crippen molar-refractivity contribution in [1.82, 2.24) is 9.78 Å². The van der Waals surface area contributed by atoms with E-state index >= 15 is 0 Å². The highest BCUT2D eigenvalue weighted by atomic mass is 32.2. The molecule has 5 nitrogen and oxygen atoms in total. The average Bonchev–Trinajstić information content (AvgIpc) is 3.19. The van der Waals surface area contributed by atoms with Gasteiger partial charge in [-0.1, -0.05) is 24.3 Å². The minimum atomic E-state index is -0.0179. The Kier molecular flexibility index (Phi) is 5.03. The zero-order chi connectivity index (χ0) is 16.2. The van der Waals surface area contributed by atoms with E-state index < -0.39 is 0 Å². The van der Waals surface area contributed by atoms with Crippen molar-refractivity contribution >= 4 is 23.5 Å². The van der Waals surface area contributed by atoms with Crippen LogP contribution in [0.4, 0.5) is 5.82 Å². The number of thioether (sulfide) groups is 1. The van der Waals surface area contributed by atoms with E-state index in [0.29, 0.717) is 12.4 Å². The van der Waals surface area contributed by atoms with Gasteiger partial charge in [0.2, 0.25) is 5.91 Å². The molecule has 0 radical (unpaired) electrons. The summed E-state index contributed by atoms with van der Waals surface area (Å²) < 4.78 is 1.67. The maximum atomic E-state index is 12.3. The number of benzene rings is 1. The molecule has 3 rings (SSSR count). The lowest BCUT2D eigenvalue weighted by Crippen LogP contribution is -2.24. The van der Waals surface area contributed by atoms with E-state index in [9.17, 15) is 9.90 Å².